The van der Waals surface area contributed by atoms with E-state index < -0.39 is 39.5 Å². The second-order valence-electron chi connectivity index (χ2n) is 5.03. The van der Waals surface area contributed by atoms with E-state index in [2.05, 4.69) is 10.3 Å². The summed E-state index contributed by atoms with van der Waals surface area (Å²) in [5, 5.41) is 2.93. The van der Waals surface area contributed by atoms with Crippen LogP contribution in [0.15, 0.2) is 23.4 Å². The van der Waals surface area contributed by atoms with Crippen LogP contribution in [0.4, 0.5) is 17.6 Å². The maximum absolute atomic E-state index is 13.2. The molecule has 2 rings (SSSR count). The van der Waals surface area contributed by atoms with Crippen LogP contribution in [0, 0.1) is 5.82 Å². The summed E-state index contributed by atoms with van der Waals surface area (Å²) in [6.07, 6.45) is -2.91. The maximum atomic E-state index is 13.2. The van der Waals surface area contributed by atoms with Gasteiger partial charge in [-0.05, 0) is 6.07 Å². The Hall–Kier alpha value is -1.01. The summed E-state index contributed by atoms with van der Waals surface area (Å²) in [5.41, 5.74) is 0. The van der Waals surface area contributed by atoms with Crippen LogP contribution in [0.3, 0.4) is 0 Å². The molecule has 1 aliphatic heterocycles. The van der Waals surface area contributed by atoms with E-state index in [1.807, 2.05) is 4.72 Å². The molecular weight excluding hydrogens is 376 g/mol. The number of nitrogens with zero attached hydrogens (tertiary/aromatic N) is 2. The lowest BCUT2D eigenvalue weighted by Gasteiger charge is -2.35. The lowest BCUT2D eigenvalue weighted by Crippen LogP contribution is -2.57. The molecule has 24 heavy (non-hydrogen) atoms. The van der Waals surface area contributed by atoms with E-state index in [1.165, 1.54) is 4.90 Å². The third-order valence-corrected chi connectivity index (χ3v) is 4.82. The van der Waals surface area contributed by atoms with E-state index in [1.54, 1.807) is 0 Å². The SMILES string of the molecule is Cl.O=S(=O)(NCC(N1CCNCC1)C(F)(F)F)c1cncc(F)c1. The molecule has 2 heterocycles. The Bertz CT molecular complexity index is 638. The number of hydrogen-bond acceptors (Lipinski definition) is 5. The Balaban J connectivity index is 0.00000288. The molecule has 0 aromatic carbocycles. The fourth-order valence-corrected chi connectivity index (χ4v) is 3.27. The standard InChI is InChI=1S/C12H16F4N4O2S.ClH/c13-9-5-10(7-18-6-9)23(21,22)19-8-11(12(14,15)16)20-3-1-17-2-4-20;/h5-7,11,17,19H,1-4,8H2;1H. The first kappa shape index (κ1) is 21.0. The first-order chi connectivity index (χ1) is 10.7. The van der Waals surface area contributed by atoms with Crippen LogP contribution in [0.1, 0.15) is 0 Å². The highest BCUT2D eigenvalue weighted by Gasteiger charge is 2.44. The van der Waals surface area contributed by atoms with E-state index >= 15 is 0 Å². The molecule has 1 fully saturated rings. The van der Waals surface area contributed by atoms with Gasteiger partial charge in [-0.15, -0.1) is 12.4 Å². The average Bonchev–Trinajstić information content (AvgIpc) is 2.47. The van der Waals surface area contributed by atoms with Gasteiger partial charge in [0, 0.05) is 38.9 Å². The fourth-order valence-electron chi connectivity index (χ4n) is 2.26. The normalized spacial score (nSPS) is 18.0. The monoisotopic (exact) mass is 392 g/mol. The Labute approximate surface area is 143 Å². The van der Waals surface area contributed by atoms with E-state index in [4.69, 9.17) is 0 Å². The maximum Gasteiger partial charge on any atom is 0.405 e. The van der Waals surface area contributed by atoms with Crippen molar-refractivity contribution in [3.8, 4) is 0 Å². The third kappa shape index (κ3) is 5.52. The first-order valence-corrected chi connectivity index (χ1v) is 8.30. The van der Waals surface area contributed by atoms with E-state index in [-0.39, 0.29) is 25.5 Å². The van der Waals surface area contributed by atoms with Crippen LogP contribution in [0.2, 0.25) is 0 Å². The molecule has 1 atom stereocenters. The van der Waals surface area contributed by atoms with Crippen LogP contribution in [-0.2, 0) is 10.0 Å². The van der Waals surface area contributed by atoms with Crippen molar-refractivity contribution < 1.29 is 26.0 Å². The second-order valence-corrected chi connectivity index (χ2v) is 6.80. The highest BCUT2D eigenvalue weighted by atomic mass is 35.5. The van der Waals surface area contributed by atoms with Crippen molar-refractivity contribution in [3.63, 3.8) is 0 Å². The molecule has 0 amide bonds. The van der Waals surface area contributed by atoms with Gasteiger partial charge in [0.1, 0.15) is 16.8 Å². The Morgan fingerprint density at radius 3 is 2.46 bits per heavy atom. The van der Waals surface area contributed by atoms with Crippen LogP contribution >= 0.6 is 12.4 Å². The van der Waals surface area contributed by atoms with Crippen LogP contribution in [0.25, 0.3) is 0 Å². The molecule has 0 radical (unpaired) electrons. The Kier molecular flexibility index (Phi) is 7.35. The van der Waals surface area contributed by atoms with Gasteiger partial charge in [0.05, 0.1) is 6.20 Å². The number of rotatable bonds is 5. The zero-order chi connectivity index (χ0) is 17.1. The summed E-state index contributed by atoms with van der Waals surface area (Å²) in [4.78, 5) is 4.04. The molecule has 12 heteroatoms. The number of piperazine rings is 1. The highest BCUT2D eigenvalue weighted by molar-refractivity contribution is 7.89. The number of hydrogen-bond donors (Lipinski definition) is 2. The number of nitrogens with one attached hydrogen (secondary N) is 2. The minimum Gasteiger partial charge on any atom is -0.314 e. The summed E-state index contributed by atoms with van der Waals surface area (Å²) in [6, 6.07) is -1.25. The minimum atomic E-state index is -4.58. The zero-order valence-electron chi connectivity index (χ0n) is 12.4. The van der Waals surface area contributed by atoms with Gasteiger partial charge in [0.2, 0.25) is 10.0 Å². The molecule has 1 unspecified atom stereocenters. The molecule has 1 aromatic rings. The predicted molar refractivity (Wildman–Crippen MR) is 80.9 cm³/mol. The summed E-state index contributed by atoms with van der Waals surface area (Å²) in [5.74, 6) is -0.887. The molecule has 0 bridgehead atoms. The molecule has 1 aliphatic rings. The van der Waals surface area contributed by atoms with Crippen molar-refractivity contribution in [1.29, 1.82) is 0 Å². The number of halogens is 5. The summed E-state index contributed by atoms with van der Waals surface area (Å²) in [7, 11) is -4.27. The molecule has 2 N–H and O–H groups in total. The quantitative estimate of drug-likeness (QED) is 0.724. The van der Waals surface area contributed by atoms with Crippen LogP contribution in [-0.4, -0.2) is 63.2 Å². The Morgan fingerprint density at radius 2 is 1.92 bits per heavy atom. The van der Waals surface area contributed by atoms with E-state index in [0.29, 0.717) is 19.2 Å². The van der Waals surface area contributed by atoms with Gasteiger partial charge < -0.3 is 5.32 Å². The van der Waals surface area contributed by atoms with Gasteiger partial charge in [-0.1, -0.05) is 0 Å². The summed E-state index contributed by atoms with van der Waals surface area (Å²) >= 11 is 0. The molecule has 1 saturated heterocycles. The molecule has 0 spiro atoms. The van der Waals surface area contributed by atoms with Crippen molar-refractivity contribution in [2.45, 2.75) is 17.1 Å². The van der Waals surface area contributed by atoms with E-state index in [9.17, 15) is 26.0 Å². The zero-order valence-corrected chi connectivity index (χ0v) is 14.0. The lowest BCUT2D eigenvalue weighted by atomic mass is 10.2. The molecular formula is C12H17ClF4N4O2S. The first-order valence-electron chi connectivity index (χ1n) is 6.82. The van der Waals surface area contributed by atoms with Crippen molar-refractivity contribution in [2.75, 3.05) is 32.7 Å². The number of sulfonamides is 1. The van der Waals surface area contributed by atoms with Gasteiger partial charge in [-0.25, -0.2) is 17.5 Å². The van der Waals surface area contributed by atoms with Gasteiger partial charge in [-0.2, -0.15) is 13.2 Å². The van der Waals surface area contributed by atoms with Gasteiger partial charge in [0.25, 0.3) is 0 Å². The molecule has 0 saturated carbocycles. The molecule has 138 valence electrons. The predicted octanol–water partition coefficient (Wildman–Crippen LogP) is 0.757. The van der Waals surface area contributed by atoms with Gasteiger partial charge >= 0.3 is 6.18 Å². The van der Waals surface area contributed by atoms with Gasteiger partial charge in [0.15, 0.2) is 0 Å². The Morgan fingerprint density at radius 1 is 1.29 bits per heavy atom. The number of alkyl halides is 3. The van der Waals surface area contributed by atoms with Crippen molar-refractivity contribution in [3.05, 3.63) is 24.3 Å². The second kappa shape index (κ2) is 8.39. The third-order valence-electron chi connectivity index (χ3n) is 3.43. The van der Waals surface area contributed by atoms with Crippen molar-refractivity contribution >= 4 is 22.4 Å². The molecule has 6 nitrogen and oxygen atoms in total. The van der Waals surface area contributed by atoms with Gasteiger partial charge in [-0.3, -0.25) is 9.88 Å². The number of pyridine rings is 1. The van der Waals surface area contributed by atoms with Crippen LogP contribution in [0.5, 0.6) is 0 Å². The largest absolute Gasteiger partial charge is 0.405 e. The van der Waals surface area contributed by atoms with Crippen molar-refractivity contribution in [2.24, 2.45) is 0 Å². The summed E-state index contributed by atoms with van der Waals surface area (Å²) in [6.45, 7) is 0.267. The lowest BCUT2D eigenvalue weighted by molar-refractivity contribution is -0.182. The number of aromatic nitrogens is 1. The molecule has 1 aromatic heterocycles. The average molecular weight is 393 g/mol. The van der Waals surface area contributed by atoms with Crippen LogP contribution < -0.4 is 10.0 Å². The summed E-state index contributed by atoms with van der Waals surface area (Å²) < 4.78 is 78.4. The highest BCUT2D eigenvalue weighted by Crippen LogP contribution is 2.25. The van der Waals surface area contributed by atoms with E-state index in [0.717, 1.165) is 12.4 Å². The smallest absolute Gasteiger partial charge is 0.314 e. The molecule has 0 aliphatic carbocycles. The topological polar surface area (TPSA) is 74.3 Å². The fraction of sp³-hybridized carbons (Fsp3) is 0.583. The van der Waals surface area contributed by atoms with Crippen molar-refractivity contribution in [1.82, 2.24) is 19.9 Å². The minimum absolute atomic E-state index is 0.